The number of hydrogen-bond acceptors (Lipinski definition) is 12. The molecule has 0 aliphatic carbocycles. The molecule has 4 fully saturated rings. The first-order valence-electron chi connectivity index (χ1n) is 20.6. The van der Waals surface area contributed by atoms with Gasteiger partial charge in [-0.15, -0.1) is 0 Å². The summed E-state index contributed by atoms with van der Waals surface area (Å²) < 4.78 is 70.3. The Morgan fingerprint density at radius 3 is 1.49 bits per heavy atom. The van der Waals surface area contributed by atoms with E-state index in [4.69, 9.17) is 18.9 Å². The summed E-state index contributed by atoms with van der Waals surface area (Å²) in [7, 11) is -5.96. The quantitative estimate of drug-likeness (QED) is 0.357. The van der Waals surface area contributed by atoms with Gasteiger partial charge in [-0.05, 0) is 103 Å². The Labute approximate surface area is 358 Å². The van der Waals surface area contributed by atoms with Crippen LogP contribution in [0.3, 0.4) is 0 Å². The third-order valence-electron chi connectivity index (χ3n) is 11.6. The van der Waals surface area contributed by atoms with E-state index < -0.39 is 30.9 Å². The number of benzene rings is 2. The molecular weight excluding hydrogens is 865 g/mol. The maximum atomic E-state index is 13.0. The fraction of sp³-hybridized carbons (Fsp3) is 0.667. The maximum Gasteiger partial charge on any atom is 0.414 e. The highest BCUT2D eigenvalue weighted by atomic mass is 79.9. The highest BCUT2D eigenvalue weighted by Gasteiger charge is 2.50. The van der Waals surface area contributed by atoms with Gasteiger partial charge in [0.05, 0.1) is 60.8 Å². The molecule has 2 spiro atoms. The number of rotatable bonds is 1. The van der Waals surface area contributed by atoms with Crippen molar-refractivity contribution >= 4 is 64.9 Å². The number of hydrogen-bond donors (Lipinski definition) is 1. The van der Waals surface area contributed by atoms with Crippen molar-refractivity contribution in [1.82, 2.24) is 5.32 Å². The molecule has 14 nitrogen and oxygen atoms in total. The van der Waals surface area contributed by atoms with E-state index in [0.29, 0.717) is 52.0 Å². The second-order valence-electron chi connectivity index (χ2n) is 18.3. The monoisotopic (exact) mass is 924 g/mol. The molecular formula is C42H61BrN4O10S2. The maximum absolute atomic E-state index is 13.0. The fourth-order valence-corrected chi connectivity index (χ4v) is 12.1. The van der Waals surface area contributed by atoms with E-state index in [1.807, 2.05) is 59.7 Å². The summed E-state index contributed by atoms with van der Waals surface area (Å²) in [5.41, 5.74) is 3.06. The van der Waals surface area contributed by atoms with Crippen molar-refractivity contribution in [3.63, 3.8) is 0 Å². The molecule has 0 bridgehead atoms. The predicted octanol–water partition coefficient (Wildman–Crippen LogP) is 5.98. The van der Waals surface area contributed by atoms with Crippen molar-refractivity contribution in [2.75, 3.05) is 103 Å². The summed E-state index contributed by atoms with van der Waals surface area (Å²) in [6.07, 6.45) is 1.42. The highest BCUT2D eigenvalue weighted by molar-refractivity contribution is 9.10. The first-order valence-corrected chi connectivity index (χ1v) is 25.0. The Bertz CT molecular complexity index is 2030. The first-order chi connectivity index (χ1) is 27.6. The average molecular weight is 926 g/mol. The highest BCUT2D eigenvalue weighted by Crippen LogP contribution is 2.50. The molecule has 0 aromatic heterocycles. The molecule has 0 unspecified atom stereocenters. The molecule has 6 aliphatic rings. The number of morpholine rings is 2. The van der Waals surface area contributed by atoms with E-state index in [1.165, 1.54) is 0 Å². The van der Waals surface area contributed by atoms with E-state index >= 15 is 0 Å². The number of halogens is 1. The minimum absolute atomic E-state index is 0.166. The zero-order valence-corrected chi connectivity index (χ0v) is 38.5. The van der Waals surface area contributed by atoms with Crippen LogP contribution in [0.25, 0.3) is 0 Å². The summed E-state index contributed by atoms with van der Waals surface area (Å²) >= 11 is 3.46. The molecule has 17 heteroatoms. The smallest absolute Gasteiger partial charge is 0.414 e. The van der Waals surface area contributed by atoms with Gasteiger partial charge in [-0.25, -0.2) is 26.4 Å². The van der Waals surface area contributed by atoms with Crippen molar-refractivity contribution in [1.29, 1.82) is 0 Å². The van der Waals surface area contributed by atoms with Crippen molar-refractivity contribution in [2.45, 2.75) is 89.3 Å². The van der Waals surface area contributed by atoms with Gasteiger partial charge >= 0.3 is 12.2 Å². The molecule has 6 heterocycles. The number of carbonyl (C=O) groups is 2. The molecule has 328 valence electrons. The van der Waals surface area contributed by atoms with Gasteiger partial charge in [-0.2, -0.15) is 0 Å². The van der Waals surface area contributed by atoms with Crippen LogP contribution in [0.2, 0.25) is 0 Å². The van der Waals surface area contributed by atoms with Gasteiger partial charge in [0.1, 0.15) is 30.9 Å². The van der Waals surface area contributed by atoms with E-state index in [-0.39, 0.29) is 46.0 Å². The first kappa shape index (κ1) is 45.6. The lowest BCUT2D eigenvalue weighted by molar-refractivity contribution is 0.0566. The van der Waals surface area contributed by atoms with Crippen LogP contribution in [-0.2, 0) is 49.5 Å². The van der Waals surface area contributed by atoms with E-state index in [1.54, 1.807) is 9.80 Å². The van der Waals surface area contributed by atoms with Crippen LogP contribution in [0.5, 0.6) is 0 Å². The number of fused-ring (bicyclic) bond motifs is 4. The number of nitrogens with one attached hydrogen (secondary N) is 1. The van der Waals surface area contributed by atoms with Crippen LogP contribution in [0.4, 0.5) is 26.7 Å². The number of ether oxygens (including phenoxy) is 4. The normalized spacial score (nSPS) is 22.6. The average Bonchev–Trinajstić information content (AvgIpc) is 3.67. The van der Waals surface area contributed by atoms with Crippen LogP contribution in [0.15, 0.2) is 40.9 Å². The lowest BCUT2D eigenvalue weighted by Gasteiger charge is -2.34. The minimum atomic E-state index is -3.00. The third kappa shape index (κ3) is 11.3. The number of carbonyl (C=O) groups excluding carboxylic acids is 2. The summed E-state index contributed by atoms with van der Waals surface area (Å²) in [6, 6.07) is 12.1. The third-order valence-corrected chi connectivity index (χ3v) is 15.4. The molecule has 2 aromatic carbocycles. The van der Waals surface area contributed by atoms with Gasteiger partial charge in [0.2, 0.25) is 0 Å². The molecule has 2 amide bonds. The van der Waals surface area contributed by atoms with Gasteiger partial charge in [-0.3, -0.25) is 9.80 Å². The predicted molar refractivity (Wildman–Crippen MR) is 234 cm³/mol. The number of anilines is 3. The minimum Gasteiger partial charge on any atom is -0.443 e. The molecule has 4 saturated heterocycles. The number of sulfone groups is 2. The Balaban J connectivity index is 0.000000176. The lowest BCUT2D eigenvalue weighted by Crippen LogP contribution is -2.43. The van der Waals surface area contributed by atoms with Crippen molar-refractivity contribution in [3.8, 4) is 0 Å². The van der Waals surface area contributed by atoms with Crippen LogP contribution < -0.4 is 20.0 Å². The van der Waals surface area contributed by atoms with Gasteiger partial charge in [0, 0.05) is 60.3 Å². The Morgan fingerprint density at radius 1 is 0.661 bits per heavy atom. The second-order valence-corrected chi connectivity index (χ2v) is 23.8. The standard InChI is InChI=1S/C21H30N2O5S.C17H22BrNO4S.C4H9NO/c1-20(2,3)28-19(24)23-15-21(6-12-29(25,26)13-7-21)17-5-4-16(14-18(17)23)22-8-10-27-11-9-22;1-16(2,3)23-15(20)19-11-17(6-8-24(21,22)9-7-17)13-5-4-12(18)10-14(13)19;1-3-6-4-2-5-1/h4-5,14H,6-13,15H2,1-3H3;4-5,10H,6-9,11H2,1-3H3;5H,1-4H2. The van der Waals surface area contributed by atoms with Crippen LogP contribution >= 0.6 is 15.9 Å². The Morgan fingerprint density at radius 2 is 1.08 bits per heavy atom. The molecule has 2 aromatic rings. The van der Waals surface area contributed by atoms with Gasteiger partial charge < -0.3 is 29.2 Å². The van der Waals surface area contributed by atoms with Crippen molar-refractivity contribution in [3.05, 3.63) is 52.0 Å². The summed E-state index contributed by atoms with van der Waals surface area (Å²) in [6.45, 7) is 18.9. The summed E-state index contributed by atoms with van der Waals surface area (Å²) in [5, 5.41) is 3.16. The molecule has 6 aliphatic heterocycles. The zero-order valence-electron chi connectivity index (χ0n) is 35.3. The van der Waals surface area contributed by atoms with E-state index in [9.17, 15) is 26.4 Å². The zero-order chi connectivity index (χ0) is 42.9. The van der Waals surface area contributed by atoms with Gasteiger partial charge in [0.25, 0.3) is 0 Å². The van der Waals surface area contributed by atoms with E-state index in [2.05, 4.69) is 44.3 Å². The van der Waals surface area contributed by atoms with E-state index in [0.717, 1.165) is 72.1 Å². The van der Waals surface area contributed by atoms with Crippen LogP contribution in [0, 0.1) is 0 Å². The molecule has 8 rings (SSSR count). The largest absolute Gasteiger partial charge is 0.443 e. The SMILES string of the molecule is C1COCCN1.CC(C)(C)OC(=O)N1CC2(CCS(=O)(=O)CC2)c2ccc(Br)cc21.CC(C)(C)OC(=O)N1CC2(CCS(=O)(=O)CC2)c2ccc(N3CCOCC3)cc21. The molecule has 0 saturated carbocycles. The lowest BCUT2D eigenvalue weighted by atomic mass is 9.77. The van der Waals surface area contributed by atoms with Crippen molar-refractivity contribution < 1.29 is 45.4 Å². The van der Waals surface area contributed by atoms with Crippen LogP contribution in [0.1, 0.15) is 78.4 Å². The van der Waals surface area contributed by atoms with Gasteiger partial charge in [-0.1, -0.05) is 28.1 Å². The molecule has 59 heavy (non-hydrogen) atoms. The van der Waals surface area contributed by atoms with Crippen molar-refractivity contribution in [2.24, 2.45) is 0 Å². The molecule has 0 radical (unpaired) electrons. The van der Waals surface area contributed by atoms with Crippen LogP contribution in [-0.4, -0.2) is 129 Å². The second kappa shape index (κ2) is 17.8. The Hall–Kier alpha value is -2.96. The van der Waals surface area contributed by atoms with Gasteiger partial charge in [0.15, 0.2) is 0 Å². The molecule has 1 N–H and O–H groups in total. The topological polar surface area (TPSA) is 161 Å². The fourth-order valence-electron chi connectivity index (χ4n) is 8.52. The summed E-state index contributed by atoms with van der Waals surface area (Å²) in [4.78, 5) is 31.3. The molecule has 0 atom stereocenters. The number of amides is 2. The Kier molecular flexibility index (Phi) is 13.7. The summed E-state index contributed by atoms with van der Waals surface area (Å²) in [5.74, 6) is 0.676. The number of nitrogens with zero attached hydrogens (tertiary/aromatic N) is 3.